The number of carbonyl (C=O) groups is 1. The lowest BCUT2D eigenvalue weighted by atomic mass is 10.1. The molecule has 2 aromatic rings. The first-order valence-electron chi connectivity index (χ1n) is 6.02. The third-order valence-corrected chi connectivity index (χ3v) is 3.44. The first-order chi connectivity index (χ1) is 9.51. The van der Waals surface area contributed by atoms with Gasteiger partial charge in [-0.05, 0) is 42.8 Å². The van der Waals surface area contributed by atoms with Crippen molar-refractivity contribution >= 4 is 39.0 Å². The molecule has 2 rings (SSSR count). The van der Waals surface area contributed by atoms with Crippen molar-refractivity contribution in [3.05, 3.63) is 52.0 Å². The average molecular weight is 335 g/mol. The fourth-order valence-corrected chi connectivity index (χ4v) is 2.14. The lowest BCUT2D eigenvalue weighted by molar-refractivity contribution is 0.0601. The molecule has 20 heavy (non-hydrogen) atoms. The minimum atomic E-state index is -0.390. The molecule has 0 aliphatic carbocycles. The SMILES string of the molecule is COC(=O)c1ccc(N)c(Nc2cc(Br)ccc2C)c1. The number of aryl methyl sites for hydroxylation is 1. The van der Waals surface area contributed by atoms with Gasteiger partial charge in [-0.1, -0.05) is 22.0 Å². The molecule has 0 heterocycles. The van der Waals surface area contributed by atoms with Crippen LogP contribution >= 0.6 is 15.9 Å². The van der Waals surface area contributed by atoms with Crippen LogP contribution in [0.2, 0.25) is 0 Å². The van der Waals surface area contributed by atoms with Gasteiger partial charge in [0.15, 0.2) is 0 Å². The normalized spacial score (nSPS) is 10.2. The maximum absolute atomic E-state index is 11.6. The maximum atomic E-state index is 11.6. The van der Waals surface area contributed by atoms with Crippen molar-refractivity contribution in [1.29, 1.82) is 0 Å². The number of ether oxygens (including phenoxy) is 1. The lowest BCUT2D eigenvalue weighted by Gasteiger charge is -2.13. The van der Waals surface area contributed by atoms with Crippen LogP contribution in [0.25, 0.3) is 0 Å². The molecule has 5 heteroatoms. The Hall–Kier alpha value is -2.01. The van der Waals surface area contributed by atoms with Gasteiger partial charge in [-0.25, -0.2) is 4.79 Å². The van der Waals surface area contributed by atoms with Crippen LogP contribution < -0.4 is 11.1 Å². The third-order valence-electron chi connectivity index (χ3n) is 2.94. The number of rotatable bonds is 3. The Morgan fingerprint density at radius 1 is 1.20 bits per heavy atom. The molecule has 4 nitrogen and oxygen atoms in total. The van der Waals surface area contributed by atoms with E-state index >= 15 is 0 Å². The maximum Gasteiger partial charge on any atom is 0.337 e. The topological polar surface area (TPSA) is 64.3 Å². The second kappa shape index (κ2) is 5.96. The monoisotopic (exact) mass is 334 g/mol. The quantitative estimate of drug-likeness (QED) is 0.660. The molecule has 0 aromatic heterocycles. The van der Waals surface area contributed by atoms with Gasteiger partial charge in [-0.15, -0.1) is 0 Å². The Morgan fingerprint density at radius 2 is 1.95 bits per heavy atom. The summed E-state index contributed by atoms with van der Waals surface area (Å²) in [7, 11) is 1.35. The van der Waals surface area contributed by atoms with Crippen LogP contribution in [0.15, 0.2) is 40.9 Å². The van der Waals surface area contributed by atoms with Crippen LogP contribution in [0, 0.1) is 6.92 Å². The minimum Gasteiger partial charge on any atom is -0.465 e. The summed E-state index contributed by atoms with van der Waals surface area (Å²) < 4.78 is 5.68. The van der Waals surface area contributed by atoms with E-state index in [9.17, 15) is 4.79 Å². The number of nitrogens with one attached hydrogen (secondary N) is 1. The molecule has 0 unspecified atom stereocenters. The smallest absolute Gasteiger partial charge is 0.337 e. The van der Waals surface area contributed by atoms with Crippen LogP contribution in [0.1, 0.15) is 15.9 Å². The molecule has 0 fully saturated rings. The van der Waals surface area contributed by atoms with Crippen molar-refractivity contribution in [3.8, 4) is 0 Å². The van der Waals surface area contributed by atoms with E-state index < -0.39 is 0 Å². The van der Waals surface area contributed by atoms with Crippen molar-refractivity contribution in [2.24, 2.45) is 0 Å². The average Bonchev–Trinajstić information content (AvgIpc) is 2.44. The van der Waals surface area contributed by atoms with Gasteiger partial charge in [0.2, 0.25) is 0 Å². The zero-order valence-electron chi connectivity index (χ0n) is 11.2. The first-order valence-corrected chi connectivity index (χ1v) is 6.81. The van der Waals surface area contributed by atoms with E-state index in [1.807, 2.05) is 25.1 Å². The molecule has 0 spiro atoms. The number of benzene rings is 2. The summed E-state index contributed by atoms with van der Waals surface area (Å²) >= 11 is 3.43. The molecule has 0 saturated carbocycles. The first kappa shape index (κ1) is 14.4. The number of hydrogen-bond acceptors (Lipinski definition) is 4. The second-order valence-corrected chi connectivity index (χ2v) is 5.29. The summed E-state index contributed by atoms with van der Waals surface area (Å²) in [6.45, 7) is 2.00. The Morgan fingerprint density at radius 3 is 2.65 bits per heavy atom. The summed E-state index contributed by atoms with van der Waals surface area (Å²) in [4.78, 5) is 11.6. The van der Waals surface area contributed by atoms with Crippen molar-refractivity contribution in [1.82, 2.24) is 0 Å². The largest absolute Gasteiger partial charge is 0.465 e. The van der Waals surface area contributed by atoms with Crippen molar-refractivity contribution in [3.63, 3.8) is 0 Å². The highest BCUT2D eigenvalue weighted by atomic mass is 79.9. The predicted molar refractivity (Wildman–Crippen MR) is 84.4 cm³/mol. The highest BCUT2D eigenvalue weighted by molar-refractivity contribution is 9.10. The summed E-state index contributed by atoms with van der Waals surface area (Å²) in [5.74, 6) is -0.390. The van der Waals surface area contributed by atoms with Crippen LogP contribution in [0.5, 0.6) is 0 Å². The van der Waals surface area contributed by atoms with Gasteiger partial charge in [-0.2, -0.15) is 0 Å². The van der Waals surface area contributed by atoms with Gasteiger partial charge in [-0.3, -0.25) is 0 Å². The van der Waals surface area contributed by atoms with E-state index in [0.717, 1.165) is 15.7 Å². The van der Waals surface area contributed by atoms with Crippen LogP contribution in [-0.2, 0) is 4.74 Å². The molecule has 0 atom stereocenters. The van der Waals surface area contributed by atoms with Gasteiger partial charge in [0.05, 0.1) is 24.0 Å². The molecule has 3 N–H and O–H groups in total. The van der Waals surface area contributed by atoms with E-state index in [1.54, 1.807) is 18.2 Å². The summed E-state index contributed by atoms with van der Waals surface area (Å²) in [6, 6.07) is 10.9. The van der Waals surface area contributed by atoms with Crippen molar-refractivity contribution in [2.75, 3.05) is 18.2 Å². The van der Waals surface area contributed by atoms with E-state index in [1.165, 1.54) is 7.11 Å². The number of esters is 1. The van der Waals surface area contributed by atoms with Gasteiger partial charge >= 0.3 is 5.97 Å². The van der Waals surface area contributed by atoms with E-state index in [2.05, 4.69) is 21.2 Å². The number of methoxy groups -OCH3 is 1. The molecular formula is C15H15BrN2O2. The minimum absolute atomic E-state index is 0.390. The van der Waals surface area contributed by atoms with Crippen LogP contribution in [-0.4, -0.2) is 13.1 Å². The molecule has 2 aromatic carbocycles. The van der Waals surface area contributed by atoms with Crippen LogP contribution in [0.3, 0.4) is 0 Å². The van der Waals surface area contributed by atoms with Gasteiger partial charge < -0.3 is 15.8 Å². The number of anilines is 3. The molecule has 0 saturated heterocycles. The van der Waals surface area contributed by atoms with Gasteiger partial charge in [0.25, 0.3) is 0 Å². The van der Waals surface area contributed by atoms with E-state index in [4.69, 9.17) is 10.5 Å². The molecule has 0 aliphatic rings. The van der Waals surface area contributed by atoms with Gasteiger partial charge in [0.1, 0.15) is 0 Å². The fourth-order valence-electron chi connectivity index (χ4n) is 1.78. The number of nitrogen functional groups attached to an aromatic ring is 1. The molecule has 104 valence electrons. The molecule has 0 amide bonds. The number of nitrogens with two attached hydrogens (primary N) is 1. The fraction of sp³-hybridized carbons (Fsp3) is 0.133. The van der Waals surface area contributed by atoms with Crippen molar-refractivity contribution in [2.45, 2.75) is 6.92 Å². The summed E-state index contributed by atoms with van der Waals surface area (Å²) in [5, 5.41) is 3.24. The number of hydrogen-bond donors (Lipinski definition) is 2. The molecular weight excluding hydrogens is 320 g/mol. The highest BCUT2D eigenvalue weighted by Gasteiger charge is 2.09. The van der Waals surface area contributed by atoms with Gasteiger partial charge in [0, 0.05) is 10.2 Å². The predicted octanol–water partition coefficient (Wildman–Crippen LogP) is 3.87. The lowest BCUT2D eigenvalue weighted by Crippen LogP contribution is -2.04. The third kappa shape index (κ3) is 3.11. The Kier molecular flexibility index (Phi) is 4.29. The standard InChI is InChI=1S/C15H15BrN2O2/c1-9-3-5-11(16)8-13(9)18-14-7-10(15(19)20-2)4-6-12(14)17/h3-8,18H,17H2,1-2H3. The molecule has 0 radical (unpaired) electrons. The summed E-state index contributed by atoms with van der Waals surface area (Å²) in [5.41, 5.74) is 9.64. The van der Waals surface area contributed by atoms with Crippen LogP contribution in [0.4, 0.5) is 17.1 Å². The summed E-state index contributed by atoms with van der Waals surface area (Å²) in [6.07, 6.45) is 0. The second-order valence-electron chi connectivity index (χ2n) is 4.38. The number of carbonyl (C=O) groups excluding carboxylic acids is 1. The highest BCUT2D eigenvalue weighted by Crippen LogP contribution is 2.28. The van der Waals surface area contributed by atoms with E-state index in [0.29, 0.717) is 16.9 Å². The zero-order valence-corrected chi connectivity index (χ0v) is 12.8. The zero-order chi connectivity index (χ0) is 14.7. The van der Waals surface area contributed by atoms with E-state index in [-0.39, 0.29) is 5.97 Å². The Bertz CT molecular complexity index is 656. The Balaban J connectivity index is 2.37. The van der Waals surface area contributed by atoms with Crippen molar-refractivity contribution < 1.29 is 9.53 Å². The Labute approximate surface area is 126 Å². The number of halogens is 1. The molecule has 0 bridgehead atoms. The molecule has 0 aliphatic heterocycles.